The molecule has 1 saturated heterocycles. The van der Waals surface area contributed by atoms with Crippen molar-refractivity contribution in [1.29, 1.82) is 0 Å². The zero-order valence-corrected chi connectivity index (χ0v) is 12.7. The summed E-state index contributed by atoms with van der Waals surface area (Å²) in [5.41, 5.74) is -0.676. The highest BCUT2D eigenvalue weighted by Gasteiger charge is 2.36. The van der Waals surface area contributed by atoms with E-state index in [9.17, 15) is 18.0 Å². The van der Waals surface area contributed by atoms with Crippen LogP contribution in [0.2, 0.25) is 5.02 Å². The highest BCUT2D eigenvalue weighted by molar-refractivity contribution is 6.30. The van der Waals surface area contributed by atoms with E-state index < -0.39 is 17.8 Å². The number of piperazine rings is 1. The second-order valence-corrected chi connectivity index (χ2v) is 5.27. The Morgan fingerprint density at radius 1 is 1.27 bits per heavy atom. The van der Waals surface area contributed by atoms with Gasteiger partial charge in [-0.05, 0) is 25.1 Å². The van der Waals surface area contributed by atoms with E-state index in [0.29, 0.717) is 26.2 Å². The monoisotopic (exact) mass is 336 g/mol. The Morgan fingerprint density at radius 3 is 2.45 bits per heavy atom. The van der Waals surface area contributed by atoms with Crippen molar-refractivity contribution in [1.82, 2.24) is 4.90 Å². The van der Waals surface area contributed by atoms with Crippen LogP contribution in [0.3, 0.4) is 0 Å². The molecule has 8 heteroatoms. The summed E-state index contributed by atoms with van der Waals surface area (Å²) in [5, 5.41) is 0.0428. The van der Waals surface area contributed by atoms with Crippen molar-refractivity contribution in [3.05, 3.63) is 28.8 Å². The highest BCUT2D eigenvalue weighted by atomic mass is 35.5. The molecular weight excluding hydrogens is 321 g/mol. The summed E-state index contributed by atoms with van der Waals surface area (Å²) in [4.78, 5) is 14.7. The van der Waals surface area contributed by atoms with Crippen LogP contribution < -0.4 is 4.90 Å². The van der Waals surface area contributed by atoms with Gasteiger partial charge in [0.05, 0.1) is 12.2 Å². The van der Waals surface area contributed by atoms with Gasteiger partial charge >= 0.3 is 12.3 Å². The fourth-order valence-corrected chi connectivity index (χ4v) is 2.53. The Bertz CT molecular complexity index is 543. The van der Waals surface area contributed by atoms with Gasteiger partial charge in [-0.25, -0.2) is 4.79 Å². The lowest BCUT2D eigenvalue weighted by atomic mass is 10.1. The predicted molar refractivity (Wildman–Crippen MR) is 77.3 cm³/mol. The van der Waals surface area contributed by atoms with E-state index in [0.717, 1.165) is 6.07 Å². The zero-order chi connectivity index (χ0) is 16.3. The normalized spacial score (nSPS) is 15.9. The molecule has 1 aromatic carbocycles. The van der Waals surface area contributed by atoms with Crippen LogP contribution in [0.5, 0.6) is 0 Å². The molecule has 1 heterocycles. The van der Waals surface area contributed by atoms with E-state index in [1.165, 1.54) is 17.0 Å². The Balaban J connectivity index is 2.13. The smallest absolute Gasteiger partial charge is 0.418 e. The van der Waals surface area contributed by atoms with Gasteiger partial charge in [-0.3, -0.25) is 0 Å². The maximum atomic E-state index is 13.1. The number of carbonyl (C=O) groups is 1. The Kier molecular flexibility index (Phi) is 5.05. The third-order valence-corrected chi connectivity index (χ3v) is 3.65. The maximum absolute atomic E-state index is 13.1. The standard InChI is InChI=1S/C14H16ClF3N2O2/c1-2-22-13(21)20-7-5-19(6-8-20)12-4-3-10(15)9-11(12)14(16,17)18/h3-4,9H,2,5-8H2,1H3. The molecule has 1 aliphatic rings. The summed E-state index contributed by atoms with van der Waals surface area (Å²) in [6, 6.07) is 3.73. The minimum atomic E-state index is -4.47. The molecule has 2 rings (SSSR count). The average molecular weight is 337 g/mol. The number of benzene rings is 1. The number of hydrogen-bond donors (Lipinski definition) is 0. The van der Waals surface area contributed by atoms with Crippen LogP contribution in [0.4, 0.5) is 23.7 Å². The summed E-state index contributed by atoms with van der Waals surface area (Å²) in [5.74, 6) is 0. The molecule has 0 atom stereocenters. The fourth-order valence-electron chi connectivity index (χ4n) is 2.36. The van der Waals surface area contributed by atoms with Crippen LogP contribution in [-0.2, 0) is 10.9 Å². The number of hydrogen-bond acceptors (Lipinski definition) is 3. The van der Waals surface area contributed by atoms with Gasteiger partial charge in [0, 0.05) is 36.9 Å². The molecule has 22 heavy (non-hydrogen) atoms. The van der Waals surface area contributed by atoms with Gasteiger partial charge < -0.3 is 14.5 Å². The molecule has 1 aromatic rings. The Morgan fingerprint density at radius 2 is 1.91 bits per heavy atom. The number of nitrogens with zero attached hydrogens (tertiary/aromatic N) is 2. The molecule has 0 aliphatic carbocycles. The van der Waals surface area contributed by atoms with Crippen LogP contribution in [0.25, 0.3) is 0 Å². The fraction of sp³-hybridized carbons (Fsp3) is 0.500. The lowest BCUT2D eigenvalue weighted by Crippen LogP contribution is -2.49. The van der Waals surface area contributed by atoms with Gasteiger partial charge in [-0.2, -0.15) is 13.2 Å². The first-order valence-corrected chi connectivity index (χ1v) is 7.24. The number of anilines is 1. The van der Waals surface area contributed by atoms with Gasteiger partial charge in [0.1, 0.15) is 0 Å². The van der Waals surface area contributed by atoms with Crippen molar-refractivity contribution in [2.24, 2.45) is 0 Å². The maximum Gasteiger partial charge on any atom is 0.418 e. The summed E-state index contributed by atoms with van der Waals surface area (Å²) >= 11 is 5.67. The molecule has 0 bridgehead atoms. The van der Waals surface area contributed by atoms with Gasteiger partial charge in [-0.15, -0.1) is 0 Å². The lowest BCUT2D eigenvalue weighted by molar-refractivity contribution is -0.137. The Hall–Kier alpha value is -1.63. The van der Waals surface area contributed by atoms with E-state index in [-0.39, 0.29) is 17.3 Å². The van der Waals surface area contributed by atoms with Crippen LogP contribution in [-0.4, -0.2) is 43.8 Å². The molecular formula is C14H16ClF3N2O2. The van der Waals surface area contributed by atoms with Gasteiger partial charge in [-0.1, -0.05) is 11.6 Å². The van der Waals surface area contributed by atoms with Crippen LogP contribution in [0.15, 0.2) is 18.2 Å². The number of carbonyl (C=O) groups excluding carboxylic acids is 1. The van der Waals surface area contributed by atoms with Crippen LogP contribution in [0, 0.1) is 0 Å². The summed E-state index contributed by atoms with van der Waals surface area (Å²) < 4.78 is 44.2. The average Bonchev–Trinajstić information content (AvgIpc) is 2.47. The topological polar surface area (TPSA) is 32.8 Å². The molecule has 0 N–H and O–H groups in total. The minimum absolute atomic E-state index is 0.0428. The van der Waals surface area contributed by atoms with Gasteiger partial charge in [0.2, 0.25) is 0 Å². The second-order valence-electron chi connectivity index (χ2n) is 4.83. The highest BCUT2D eigenvalue weighted by Crippen LogP contribution is 2.38. The summed E-state index contributed by atoms with van der Waals surface area (Å²) in [6.07, 6.45) is -4.91. The molecule has 1 amide bonds. The summed E-state index contributed by atoms with van der Waals surface area (Å²) in [6.45, 7) is 3.23. The van der Waals surface area contributed by atoms with E-state index in [2.05, 4.69) is 0 Å². The largest absolute Gasteiger partial charge is 0.450 e. The van der Waals surface area contributed by atoms with E-state index in [1.807, 2.05) is 0 Å². The summed E-state index contributed by atoms with van der Waals surface area (Å²) in [7, 11) is 0. The zero-order valence-electron chi connectivity index (χ0n) is 12.0. The number of rotatable bonds is 2. The number of amides is 1. The SMILES string of the molecule is CCOC(=O)N1CCN(c2ccc(Cl)cc2C(F)(F)F)CC1. The number of ether oxygens (including phenoxy) is 1. The Labute approximate surface area is 131 Å². The quantitative estimate of drug-likeness (QED) is 0.826. The molecule has 1 aliphatic heterocycles. The van der Waals surface area contributed by atoms with E-state index >= 15 is 0 Å². The third kappa shape index (κ3) is 3.76. The van der Waals surface area contributed by atoms with Crippen molar-refractivity contribution < 1.29 is 22.7 Å². The van der Waals surface area contributed by atoms with Crippen LogP contribution >= 0.6 is 11.6 Å². The van der Waals surface area contributed by atoms with Gasteiger partial charge in [0.25, 0.3) is 0 Å². The predicted octanol–water partition coefficient (Wildman–Crippen LogP) is 3.64. The van der Waals surface area contributed by atoms with Crippen molar-refractivity contribution in [2.75, 3.05) is 37.7 Å². The van der Waals surface area contributed by atoms with Crippen LogP contribution in [0.1, 0.15) is 12.5 Å². The number of halogens is 4. The van der Waals surface area contributed by atoms with Crippen molar-refractivity contribution >= 4 is 23.4 Å². The molecule has 4 nitrogen and oxygen atoms in total. The lowest BCUT2D eigenvalue weighted by Gasteiger charge is -2.36. The molecule has 0 aromatic heterocycles. The molecule has 0 saturated carbocycles. The first-order valence-electron chi connectivity index (χ1n) is 6.86. The number of alkyl halides is 3. The third-order valence-electron chi connectivity index (χ3n) is 3.41. The van der Waals surface area contributed by atoms with Crippen molar-refractivity contribution in [2.45, 2.75) is 13.1 Å². The molecule has 1 fully saturated rings. The first-order chi connectivity index (χ1) is 10.3. The molecule has 0 unspecified atom stereocenters. The van der Waals surface area contributed by atoms with Crippen molar-refractivity contribution in [3.8, 4) is 0 Å². The molecule has 122 valence electrons. The van der Waals surface area contributed by atoms with Crippen molar-refractivity contribution in [3.63, 3.8) is 0 Å². The minimum Gasteiger partial charge on any atom is -0.450 e. The molecule has 0 radical (unpaired) electrons. The molecule has 0 spiro atoms. The van der Waals surface area contributed by atoms with E-state index in [1.54, 1.807) is 11.8 Å². The van der Waals surface area contributed by atoms with E-state index in [4.69, 9.17) is 16.3 Å². The van der Waals surface area contributed by atoms with Gasteiger partial charge in [0.15, 0.2) is 0 Å². The second kappa shape index (κ2) is 6.64. The first kappa shape index (κ1) is 16.7.